The number of hydrogen-bond acceptors (Lipinski definition) is 6. The van der Waals surface area contributed by atoms with Gasteiger partial charge in [-0.15, -0.1) is 0 Å². The maximum Gasteiger partial charge on any atom is 0.323 e. The summed E-state index contributed by atoms with van der Waals surface area (Å²) < 4.78 is 10.4. The Morgan fingerprint density at radius 1 is 1.41 bits per heavy atom. The van der Waals surface area contributed by atoms with Gasteiger partial charge >= 0.3 is 5.97 Å². The minimum atomic E-state index is -1.80. The summed E-state index contributed by atoms with van der Waals surface area (Å²) >= 11 is 0. The molecule has 0 spiro atoms. The lowest BCUT2D eigenvalue weighted by Gasteiger charge is -2.34. The second-order valence-corrected chi connectivity index (χ2v) is 6.62. The molecule has 2 heterocycles. The topological polar surface area (TPSA) is 112 Å². The van der Waals surface area contributed by atoms with Crippen LogP contribution in [0.4, 0.5) is 0 Å². The summed E-state index contributed by atoms with van der Waals surface area (Å²) in [6, 6.07) is 10.3. The Morgan fingerprint density at radius 3 is 2.67 bits per heavy atom. The fraction of sp³-hybridized carbons (Fsp3) is 0.368. The first kappa shape index (κ1) is 18.6. The van der Waals surface area contributed by atoms with Crippen molar-refractivity contribution in [2.24, 2.45) is 5.41 Å². The molecule has 1 saturated heterocycles. The van der Waals surface area contributed by atoms with E-state index < -0.39 is 40.6 Å². The number of ether oxygens (including phenoxy) is 1. The minimum Gasteiger partial charge on any atom is -0.469 e. The summed E-state index contributed by atoms with van der Waals surface area (Å²) in [6.07, 6.45) is 1.44. The summed E-state index contributed by atoms with van der Waals surface area (Å²) in [5, 5.41) is 14.1. The quantitative estimate of drug-likeness (QED) is 0.359. The Labute approximate surface area is 155 Å². The molecule has 3 rings (SSSR count). The van der Waals surface area contributed by atoms with Gasteiger partial charge in [0.2, 0.25) is 12.5 Å². The van der Waals surface area contributed by atoms with E-state index in [9.17, 15) is 19.7 Å². The van der Waals surface area contributed by atoms with E-state index >= 15 is 0 Å². The Hall–Kier alpha value is -3.16. The van der Waals surface area contributed by atoms with Crippen LogP contribution in [0.5, 0.6) is 0 Å². The maximum atomic E-state index is 13.0. The second kappa shape index (κ2) is 7.22. The van der Waals surface area contributed by atoms with Crippen molar-refractivity contribution in [3.8, 4) is 0 Å². The van der Waals surface area contributed by atoms with Gasteiger partial charge in [-0.25, -0.2) is 0 Å². The van der Waals surface area contributed by atoms with E-state index in [0.29, 0.717) is 11.3 Å². The van der Waals surface area contributed by atoms with Crippen molar-refractivity contribution in [1.82, 2.24) is 5.32 Å². The molecule has 0 unspecified atom stereocenters. The lowest BCUT2D eigenvalue weighted by Crippen LogP contribution is -2.49. The van der Waals surface area contributed by atoms with Crippen molar-refractivity contribution < 1.29 is 23.7 Å². The highest BCUT2D eigenvalue weighted by atomic mass is 16.6. The highest BCUT2D eigenvalue weighted by Gasteiger charge is 2.64. The van der Waals surface area contributed by atoms with Crippen LogP contribution >= 0.6 is 0 Å². The van der Waals surface area contributed by atoms with Crippen LogP contribution in [0.1, 0.15) is 28.7 Å². The Kier molecular flexibility index (Phi) is 4.98. The third-order valence-electron chi connectivity index (χ3n) is 5.16. The van der Waals surface area contributed by atoms with E-state index in [0.717, 1.165) is 5.56 Å². The van der Waals surface area contributed by atoms with Crippen LogP contribution in [0, 0.1) is 22.5 Å². The molecule has 3 atom stereocenters. The standard InChI is InChI=1S/C19H20N2O6/c1-12-5-7-13(8-6-12)15(11-21(24)25)19(18(23)26-2)14(10-20-17(19)22)16-4-3-9-27-16/h3-9,14-15H,10-11H2,1-2H3,(H,20,22)/t14-,15-,19+/m1/s1. The third-order valence-corrected chi connectivity index (χ3v) is 5.16. The normalized spacial score (nSPS) is 22.9. The Bertz CT molecular complexity index is 846. The molecule has 1 amide bonds. The average Bonchev–Trinajstić information content (AvgIpc) is 3.28. The predicted octanol–water partition coefficient (Wildman–Crippen LogP) is 2.02. The van der Waals surface area contributed by atoms with E-state index in [1.165, 1.54) is 13.4 Å². The predicted molar refractivity (Wildman–Crippen MR) is 94.7 cm³/mol. The molecule has 0 radical (unpaired) electrons. The highest BCUT2D eigenvalue weighted by molar-refractivity contribution is 6.06. The van der Waals surface area contributed by atoms with Crippen LogP contribution in [0.25, 0.3) is 0 Å². The maximum absolute atomic E-state index is 13.0. The number of nitro groups is 1. The number of furan rings is 1. The largest absolute Gasteiger partial charge is 0.469 e. The molecule has 2 aromatic rings. The van der Waals surface area contributed by atoms with Crippen LogP contribution in [0.15, 0.2) is 47.1 Å². The zero-order valence-corrected chi connectivity index (χ0v) is 15.0. The number of aryl methyl sites for hydroxylation is 1. The first-order chi connectivity index (χ1) is 12.9. The lowest BCUT2D eigenvalue weighted by atomic mass is 9.64. The van der Waals surface area contributed by atoms with E-state index in [1.807, 2.05) is 6.92 Å². The number of methoxy groups -OCH3 is 1. The Balaban J connectivity index is 2.23. The molecule has 0 aliphatic carbocycles. The van der Waals surface area contributed by atoms with Crippen molar-refractivity contribution in [2.75, 3.05) is 20.2 Å². The van der Waals surface area contributed by atoms with Gasteiger partial charge in [0, 0.05) is 11.5 Å². The second-order valence-electron chi connectivity index (χ2n) is 6.62. The summed E-state index contributed by atoms with van der Waals surface area (Å²) in [7, 11) is 1.17. The van der Waals surface area contributed by atoms with Crippen molar-refractivity contribution in [2.45, 2.75) is 18.8 Å². The average molecular weight is 372 g/mol. The molecular formula is C19H20N2O6. The number of rotatable bonds is 6. The van der Waals surface area contributed by atoms with Crippen molar-refractivity contribution in [3.05, 3.63) is 69.7 Å². The van der Waals surface area contributed by atoms with Gasteiger partial charge in [-0.1, -0.05) is 29.8 Å². The molecule has 142 valence electrons. The van der Waals surface area contributed by atoms with Gasteiger partial charge in [-0.3, -0.25) is 19.7 Å². The lowest BCUT2D eigenvalue weighted by molar-refractivity contribution is -0.485. The van der Waals surface area contributed by atoms with E-state index in [4.69, 9.17) is 9.15 Å². The number of nitrogens with one attached hydrogen (secondary N) is 1. The molecule has 8 nitrogen and oxygen atoms in total. The van der Waals surface area contributed by atoms with Gasteiger partial charge in [0.25, 0.3) is 0 Å². The van der Waals surface area contributed by atoms with Gasteiger partial charge in [-0.2, -0.15) is 0 Å². The number of esters is 1. The summed E-state index contributed by atoms with van der Waals surface area (Å²) in [6.45, 7) is 1.42. The Morgan fingerprint density at radius 2 is 2.11 bits per heavy atom. The summed E-state index contributed by atoms with van der Waals surface area (Å²) in [5.74, 6) is -2.74. The van der Waals surface area contributed by atoms with Crippen LogP contribution in [0.2, 0.25) is 0 Å². The van der Waals surface area contributed by atoms with E-state index in [1.54, 1.807) is 36.4 Å². The first-order valence-electron chi connectivity index (χ1n) is 8.49. The molecular weight excluding hydrogens is 352 g/mol. The van der Waals surface area contributed by atoms with Crippen LogP contribution in [0.3, 0.4) is 0 Å². The van der Waals surface area contributed by atoms with Crippen LogP contribution < -0.4 is 5.32 Å². The van der Waals surface area contributed by atoms with Gasteiger partial charge in [0.15, 0.2) is 5.41 Å². The van der Waals surface area contributed by atoms with Crippen molar-refractivity contribution in [3.63, 3.8) is 0 Å². The molecule has 0 saturated carbocycles. The first-order valence-corrected chi connectivity index (χ1v) is 8.49. The molecule has 1 N–H and O–H groups in total. The molecule has 1 aromatic carbocycles. The fourth-order valence-corrected chi connectivity index (χ4v) is 3.88. The molecule has 27 heavy (non-hydrogen) atoms. The smallest absolute Gasteiger partial charge is 0.323 e. The van der Waals surface area contributed by atoms with Crippen LogP contribution in [-0.2, 0) is 14.3 Å². The SMILES string of the molecule is COC(=O)[C@@]1([C@H](C[N+](=O)[O-])c2ccc(C)cc2)C(=O)NC[C@@H]1c1ccco1. The van der Waals surface area contributed by atoms with Gasteiger partial charge in [-0.05, 0) is 24.6 Å². The number of amides is 1. The molecule has 1 aliphatic rings. The molecule has 8 heteroatoms. The highest BCUT2D eigenvalue weighted by Crippen LogP contribution is 2.51. The van der Waals surface area contributed by atoms with Crippen molar-refractivity contribution in [1.29, 1.82) is 0 Å². The zero-order chi connectivity index (χ0) is 19.6. The van der Waals surface area contributed by atoms with Gasteiger partial charge in [0.1, 0.15) is 5.76 Å². The van der Waals surface area contributed by atoms with Crippen molar-refractivity contribution >= 4 is 11.9 Å². The number of carbonyl (C=O) groups is 2. The van der Waals surface area contributed by atoms with Gasteiger partial charge in [0.05, 0.1) is 25.2 Å². The summed E-state index contributed by atoms with van der Waals surface area (Å²) in [5.41, 5.74) is -0.310. The van der Waals surface area contributed by atoms with Crippen LogP contribution in [-0.4, -0.2) is 37.0 Å². The molecule has 1 aromatic heterocycles. The summed E-state index contributed by atoms with van der Waals surface area (Å²) in [4.78, 5) is 36.9. The number of carbonyl (C=O) groups excluding carboxylic acids is 2. The fourth-order valence-electron chi connectivity index (χ4n) is 3.88. The zero-order valence-electron chi connectivity index (χ0n) is 15.0. The van der Waals surface area contributed by atoms with Gasteiger partial charge < -0.3 is 14.5 Å². The van der Waals surface area contributed by atoms with E-state index in [-0.39, 0.29) is 6.54 Å². The minimum absolute atomic E-state index is 0.127. The monoisotopic (exact) mass is 372 g/mol. The number of benzene rings is 1. The third kappa shape index (κ3) is 3.07. The number of hydrogen-bond donors (Lipinski definition) is 1. The van der Waals surface area contributed by atoms with E-state index in [2.05, 4.69) is 5.32 Å². The molecule has 0 bridgehead atoms. The molecule has 1 aliphatic heterocycles. The number of nitrogens with zero attached hydrogens (tertiary/aromatic N) is 1. The molecule has 1 fully saturated rings.